The van der Waals surface area contributed by atoms with Gasteiger partial charge in [0.2, 0.25) is 11.8 Å². The Labute approximate surface area is 123 Å². The molecule has 5 nitrogen and oxygen atoms in total. The number of halogens is 2. The molecule has 4 N–H and O–H groups in total. The fraction of sp³-hybridized carbons (Fsp3) is 0.385. The Bertz CT molecular complexity index is 495. The first kappa shape index (κ1) is 18.3. The summed E-state index contributed by atoms with van der Waals surface area (Å²) in [5.74, 6) is -1.38. The zero-order valence-corrected chi connectivity index (χ0v) is 12.4. The highest BCUT2D eigenvalue weighted by Crippen LogP contribution is 2.20. The van der Waals surface area contributed by atoms with Crippen LogP contribution in [0.4, 0.5) is 15.8 Å². The molecule has 1 rings (SSSR count). The molecule has 0 aliphatic heterocycles. The van der Waals surface area contributed by atoms with Crippen LogP contribution in [0.5, 0.6) is 0 Å². The monoisotopic (exact) mass is 303 g/mol. The molecule has 0 aromatic heterocycles. The van der Waals surface area contributed by atoms with Crippen molar-refractivity contribution in [2.45, 2.75) is 26.8 Å². The number of nitrogens with two attached hydrogens (primary N) is 1. The van der Waals surface area contributed by atoms with Gasteiger partial charge in [0.15, 0.2) is 0 Å². The fourth-order valence-corrected chi connectivity index (χ4v) is 1.42. The number of hydrogen-bond donors (Lipinski definition) is 3. The van der Waals surface area contributed by atoms with Gasteiger partial charge in [-0.1, -0.05) is 13.8 Å². The molecule has 0 radical (unpaired) electrons. The number of anilines is 2. The van der Waals surface area contributed by atoms with E-state index >= 15 is 0 Å². The highest BCUT2D eigenvalue weighted by molar-refractivity contribution is 5.96. The summed E-state index contributed by atoms with van der Waals surface area (Å²) in [7, 11) is 0. The van der Waals surface area contributed by atoms with E-state index in [2.05, 4.69) is 10.6 Å². The van der Waals surface area contributed by atoms with Gasteiger partial charge in [-0.25, -0.2) is 4.39 Å². The van der Waals surface area contributed by atoms with Crippen molar-refractivity contribution in [3.63, 3.8) is 0 Å². The van der Waals surface area contributed by atoms with Gasteiger partial charge in [0.25, 0.3) is 0 Å². The van der Waals surface area contributed by atoms with E-state index in [9.17, 15) is 14.0 Å². The summed E-state index contributed by atoms with van der Waals surface area (Å²) in [6, 6.07) is 3.21. The van der Waals surface area contributed by atoms with Crippen molar-refractivity contribution in [2.24, 2.45) is 11.7 Å². The Morgan fingerprint density at radius 1 is 1.25 bits per heavy atom. The Morgan fingerprint density at radius 2 is 1.85 bits per heavy atom. The molecule has 0 heterocycles. The lowest BCUT2D eigenvalue weighted by atomic mass is 10.0. The molecule has 0 fully saturated rings. The minimum atomic E-state index is -0.719. The van der Waals surface area contributed by atoms with Crippen LogP contribution in [0.1, 0.15) is 20.8 Å². The normalized spacial score (nSPS) is 11.5. The Balaban J connectivity index is 0.00000361. The van der Waals surface area contributed by atoms with Crippen LogP contribution in [-0.4, -0.2) is 17.9 Å². The maximum absolute atomic E-state index is 13.6. The first-order chi connectivity index (χ1) is 8.81. The van der Waals surface area contributed by atoms with Crippen molar-refractivity contribution < 1.29 is 14.0 Å². The standard InChI is InChI=1S/C13H18FN3O2.ClH/c1-7(2)12(15)13(19)17-11-6-9(16-8(3)18)4-5-10(11)14;/h4-7,12H,15H2,1-3H3,(H,16,18)(H,17,19);1H/t12-;/m0./s1. The van der Waals surface area contributed by atoms with Crippen LogP contribution >= 0.6 is 12.4 Å². The maximum atomic E-state index is 13.6. The third-order valence-corrected chi connectivity index (χ3v) is 2.57. The lowest BCUT2D eigenvalue weighted by molar-refractivity contribution is -0.118. The average Bonchev–Trinajstić information content (AvgIpc) is 2.31. The molecule has 0 spiro atoms. The molecule has 1 aromatic rings. The van der Waals surface area contributed by atoms with Gasteiger partial charge >= 0.3 is 0 Å². The number of benzene rings is 1. The number of carbonyl (C=O) groups is 2. The summed E-state index contributed by atoms with van der Waals surface area (Å²) in [6.07, 6.45) is 0. The van der Waals surface area contributed by atoms with Crippen molar-refractivity contribution >= 4 is 35.6 Å². The van der Waals surface area contributed by atoms with Gasteiger partial charge in [-0.3, -0.25) is 9.59 Å². The largest absolute Gasteiger partial charge is 0.326 e. The Hall–Kier alpha value is -1.66. The summed E-state index contributed by atoms with van der Waals surface area (Å²) in [6.45, 7) is 4.94. The van der Waals surface area contributed by atoms with E-state index in [0.29, 0.717) is 5.69 Å². The van der Waals surface area contributed by atoms with Gasteiger partial charge < -0.3 is 16.4 Å². The molecule has 0 aliphatic carbocycles. The molecular weight excluding hydrogens is 285 g/mol. The van der Waals surface area contributed by atoms with Crippen LogP contribution in [0, 0.1) is 11.7 Å². The zero-order chi connectivity index (χ0) is 14.6. The summed E-state index contributed by atoms with van der Waals surface area (Å²) >= 11 is 0. The first-order valence-electron chi connectivity index (χ1n) is 5.95. The first-order valence-corrected chi connectivity index (χ1v) is 5.95. The fourth-order valence-electron chi connectivity index (χ4n) is 1.42. The number of nitrogens with one attached hydrogen (secondary N) is 2. The summed E-state index contributed by atoms with van der Waals surface area (Å²) < 4.78 is 13.6. The second-order valence-electron chi connectivity index (χ2n) is 4.63. The molecule has 0 saturated carbocycles. The highest BCUT2D eigenvalue weighted by atomic mass is 35.5. The van der Waals surface area contributed by atoms with E-state index in [-0.39, 0.29) is 29.9 Å². The molecular formula is C13H19ClFN3O2. The van der Waals surface area contributed by atoms with Crippen LogP contribution in [-0.2, 0) is 9.59 Å². The van der Waals surface area contributed by atoms with Crippen molar-refractivity contribution in [1.29, 1.82) is 0 Å². The average molecular weight is 304 g/mol. The molecule has 0 aliphatic rings. The van der Waals surface area contributed by atoms with Gasteiger partial charge in [0, 0.05) is 12.6 Å². The molecule has 0 unspecified atom stereocenters. The second kappa shape index (κ2) is 7.81. The SMILES string of the molecule is CC(=O)Nc1ccc(F)c(NC(=O)[C@@H](N)C(C)C)c1.Cl. The van der Waals surface area contributed by atoms with Crippen LogP contribution in [0.25, 0.3) is 0 Å². The van der Waals surface area contributed by atoms with Crippen molar-refractivity contribution in [3.8, 4) is 0 Å². The predicted octanol–water partition coefficient (Wildman–Crippen LogP) is 2.13. The molecule has 7 heteroatoms. The molecule has 112 valence electrons. The molecule has 1 aromatic carbocycles. The number of hydrogen-bond acceptors (Lipinski definition) is 3. The van der Waals surface area contributed by atoms with E-state index < -0.39 is 17.8 Å². The summed E-state index contributed by atoms with van der Waals surface area (Å²) in [5, 5.41) is 4.92. The third kappa shape index (κ3) is 5.14. The molecule has 0 saturated heterocycles. The van der Waals surface area contributed by atoms with Gasteiger partial charge in [-0.05, 0) is 24.1 Å². The van der Waals surface area contributed by atoms with Crippen LogP contribution < -0.4 is 16.4 Å². The lowest BCUT2D eigenvalue weighted by Gasteiger charge is -2.16. The van der Waals surface area contributed by atoms with E-state index in [1.54, 1.807) is 13.8 Å². The lowest BCUT2D eigenvalue weighted by Crippen LogP contribution is -2.39. The van der Waals surface area contributed by atoms with Crippen molar-refractivity contribution in [3.05, 3.63) is 24.0 Å². The number of rotatable bonds is 4. The van der Waals surface area contributed by atoms with Crippen LogP contribution in [0.15, 0.2) is 18.2 Å². The second-order valence-corrected chi connectivity index (χ2v) is 4.63. The number of carbonyl (C=O) groups excluding carboxylic acids is 2. The molecule has 1 atom stereocenters. The Morgan fingerprint density at radius 3 is 2.35 bits per heavy atom. The minimum absolute atomic E-state index is 0. The van der Waals surface area contributed by atoms with E-state index in [4.69, 9.17) is 5.73 Å². The van der Waals surface area contributed by atoms with E-state index in [1.807, 2.05) is 0 Å². The maximum Gasteiger partial charge on any atom is 0.241 e. The minimum Gasteiger partial charge on any atom is -0.326 e. The van der Waals surface area contributed by atoms with Gasteiger partial charge in [-0.15, -0.1) is 12.4 Å². The topological polar surface area (TPSA) is 84.2 Å². The zero-order valence-electron chi connectivity index (χ0n) is 11.6. The van der Waals surface area contributed by atoms with E-state index in [0.717, 1.165) is 0 Å². The Kier molecular flexibility index (Phi) is 7.17. The van der Waals surface area contributed by atoms with Crippen LogP contribution in [0.3, 0.4) is 0 Å². The molecule has 20 heavy (non-hydrogen) atoms. The predicted molar refractivity (Wildman–Crippen MR) is 79.4 cm³/mol. The van der Waals surface area contributed by atoms with Gasteiger partial charge in [-0.2, -0.15) is 0 Å². The van der Waals surface area contributed by atoms with E-state index in [1.165, 1.54) is 25.1 Å². The molecule has 2 amide bonds. The van der Waals surface area contributed by atoms with Crippen LogP contribution in [0.2, 0.25) is 0 Å². The highest BCUT2D eigenvalue weighted by Gasteiger charge is 2.18. The number of amides is 2. The van der Waals surface area contributed by atoms with Gasteiger partial charge in [0.1, 0.15) is 5.82 Å². The summed E-state index contributed by atoms with van der Waals surface area (Å²) in [5.41, 5.74) is 6.07. The quantitative estimate of drug-likeness (QED) is 0.796. The summed E-state index contributed by atoms with van der Waals surface area (Å²) in [4.78, 5) is 22.7. The van der Waals surface area contributed by atoms with Gasteiger partial charge in [0.05, 0.1) is 11.7 Å². The van der Waals surface area contributed by atoms with Crippen molar-refractivity contribution in [1.82, 2.24) is 0 Å². The third-order valence-electron chi connectivity index (χ3n) is 2.57. The molecule has 0 bridgehead atoms. The van der Waals surface area contributed by atoms with Crippen molar-refractivity contribution in [2.75, 3.05) is 10.6 Å². The smallest absolute Gasteiger partial charge is 0.241 e.